The molecule has 1 atom stereocenters. The van der Waals surface area contributed by atoms with Gasteiger partial charge < -0.3 is 14.2 Å². The summed E-state index contributed by atoms with van der Waals surface area (Å²) in [4.78, 5) is 38.0. The summed E-state index contributed by atoms with van der Waals surface area (Å²) in [6.07, 6.45) is 71.8. The largest absolute Gasteiger partial charge is 0.462 e. The molecule has 0 aliphatic heterocycles. The standard InChI is InChI=1S/C59H94O6/c1-4-7-10-13-16-19-22-25-27-29-30-32-34-37-40-43-46-49-52-58(61)64-55-56(54-63-57(60)51-48-45-42-39-36-33-24-21-18-15-12-9-6-3)65-59(62)53-50-47-44-41-38-35-31-28-26-23-20-17-14-11-8-5-2/h9,12,15-16,18-19,21-22,24-25,27-33,36,39,42,56H,4-8,10-11,13-14,17,20,23,26,34-35,37-38,40-41,43-55H2,1-3H3/b12-9+,18-15+,19-16+,24-21+,25-22+,29-27+,31-28+,32-30+,36-33+,42-39+. The van der Waals surface area contributed by atoms with Crippen LogP contribution in [0.25, 0.3) is 0 Å². The molecular formula is C59H94O6. The van der Waals surface area contributed by atoms with Crippen molar-refractivity contribution in [3.05, 3.63) is 122 Å². The molecule has 0 radical (unpaired) electrons. The van der Waals surface area contributed by atoms with Gasteiger partial charge in [-0.3, -0.25) is 14.4 Å². The van der Waals surface area contributed by atoms with E-state index in [1.807, 2.05) is 54.7 Å². The molecule has 0 aromatic rings. The monoisotopic (exact) mass is 899 g/mol. The Bertz CT molecular complexity index is 1400. The Hall–Kier alpha value is -4.19. The van der Waals surface area contributed by atoms with Crippen LogP contribution in [0.3, 0.4) is 0 Å². The summed E-state index contributed by atoms with van der Waals surface area (Å²) in [5.74, 6) is -1.03. The smallest absolute Gasteiger partial charge is 0.306 e. The van der Waals surface area contributed by atoms with E-state index < -0.39 is 6.10 Å². The number of ether oxygens (including phenoxy) is 3. The predicted octanol–water partition coefficient (Wildman–Crippen LogP) is 17.3. The summed E-state index contributed by atoms with van der Waals surface area (Å²) < 4.78 is 16.7. The van der Waals surface area contributed by atoms with E-state index >= 15 is 0 Å². The molecule has 1 unspecified atom stereocenters. The van der Waals surface area contributed by atoms with E-state index in [1.165, 1.54) is 77.0 Å². The Morgan fingerprint density at radius 1 is 0.323 bits per heavy atom. The summed E-state index contributed by atoms with van der Waals surface area (Å²) >= 11 is 0. The minimum Gasteiger partial charge on any atom is -0.462 e. The van der Waals surface area contributed by atoms with E-state index in [0.29, 0.717) is 19.3 Å². The van der Waals surface area contributed by atoms with Crippen molar-refractivity contribution in [1.29, 1.82) is 0 Å². The molecule has 0 saturated heterocycles. The van der Waals surface area contributed by atoms with E-state index in [-0.39, 0.29) is 37.5 Å². The molecule has 366 valence electrons. The van der Waals surface area contributed by atoms with Crippen LogP contribution in [0, 0.1) is 0 Å². The van der Waals surface area contributed by atoms with Crippen molar-refractivity contribution in [1.82, 2.24) is 0 Å². The van der Waals surface area contributed by atoms with Crippen LogP contribution in [-0.2, 0) is 28.6 Å². The van der Waals surface area contributed by atoms with Gasteiger partial charge in [0, 0.05) is 19.3 Å². The molecule has 0 amide bonds. The number of carbonyl (C=O) groups excluding carboxylic acids is 3. The molecule has 0 rings (SSSR count). The van der Waals surface area contributed by atoms with Crippen molar-refractivity contribution in [2.45, 2.75) is 219 Å². The van der Waals surface area contributed by atoms with E-state index in [9.17, 15) is 14.4 Å². The first-order valence-electron chi connectivity index (χ1n) is 26.2. The first kappa shape index (κ1) is 60.8. The third kappa shape index (κ3) is 50.7. The van der Waals surface area contributed by atoms with Crippen LogP contribution in [0.1, 0.15) is 213 Å². The van der Waals surface area contributed by atoms with Gasteiger partial charge in [0.25, 0.3) is 0 Å². The second-order valence-electron chi connectivity index (χ2n) is 16.9. The number of esters is 3. The number of unbranched alkanes of at least 4 members (excludes halogenated alkanes) is 21. The average molecular weight is 899 g/mol. The fraction of sp³-hybridized carbons (Fsp3) is 0.610. The number of hydrogen-bond acceptors (Lipinski definition) is 6. The highest BCUT2D eigenvalue weighted by molar-refractivity contribution is 5.71. The van der Waals surface area contributed by atoms with Crippen molar-refractivity contribution >= 4 is 17.9 Å². The van der Waals surface area contributed by atoms with E-state index in [4.69, 9.17) is 14.2 Å². The fourth-order valence-electron chi connectivity index (χ4n) is 6.71. The highest BCUT2D eigenvalue weighted by Crippen LogP contribution is 2.13. The second kappa shape index (κ2) is 52.4. The van der Waals surface area contributed by atoms with Crippen molar-refractivity contribution in [3.8, 4) is 0 Å². The zero-order valence-electron chi connectivity index (χ0n) is 41.7. The minimum absolute atomic E-state index is 0.120. The Kier molecular flexibility index (Phi) is 49.1. The third-order valence-corrected chi connectivity index (χ3v) is 10.6. The van der Waals surface area contributed by atoms with Crippen LogP contribution in [0.4, 0.5) is 0 Å². The summed E-state index contributed by atoms with van der Waals surface area (Å²) in [5.41, 5.74) is 0. The molecule has 0 aromatic carbocycles. The number of rotatable bonds is 45. The Morgan fingerprint density at radius 2 is 0.631 bits per heavy atom. The van der Waals surface area contributed by atoms with Crippen molar-refractivity contribution in [2.75, 3.05) is 13.2 Å². The van der Waals surface area contributed by atoms with Gasteiger partial charge in [-0.15, -0.1) is 0 Å². The molecule has 0 saturated carbocycles. The van der Waals surface area contributed by atoms with Crippen molar-refractivity contribution < 1.29 is 28.6 Å². The first-order chi connectivity index (χ1) is 32.0. The van der Waals surface area contributed by atoms with Crippen LogP contribution >= 0.6 is 0 Å². The second-order valence-corrected chi connectivity index (χ2v) is 16.9. The predicted molar refractivity (Wildman–Crippen MR) is 279 cm³/mol. The normalized spacial score (nSPS) is 13.1. The molecule has 0 bridgehead atoms. The molecule has 0 aromatic heterocycles. The van der Waals surface area contributed by atoms with E-state index in [1.54, 1.807) is 0 Å². The average Bonchev–Trinajstić information content (AvgIpc) is 3.30. The van der Waals surface area contributed by atoms with Crippen LogP contribution in [0.5, 0.6) is 0 Å². The Morgan fingerprint density at radius 3 is 1.08 bits per heavy atom. The highest BCUT2D eigenvalue weighted by atomic mass is 16.6. The van der Waals surface area contributed by atoms with Gasteiger partial charge in [0.15, 0.2) is 6.10 Å². The summed E-state index contributed by atoms with van der Waals surface area (Å²) in [7, 11) is 0. The minimum atomic E-state index is -0.824. The topological polar surface area (TPSA) is 78.9 Å². The molecule has 0 aliphatic carbocycles. The summed E-state index contributed by atoms with van der Waals surface area (Å²) in [6.45, 7) is 6.35. The summed E-state index contributed by atoms with van der Waals surface area (Å²) in [5, 5.41) is 0. The molecule has 65 heavy (non-hydrogen) atoms. The quantitative estimate of drug-likeness (QED) is 0.0199. The van der Waals surface area contributed by atoms with Crippen LogP contribution in [0.2, 0.25) is 0 Å². The molecule has 6 nitrogen and oxygen atoms in total. The lowest BCUT2D eigenvalue weighted by atomic mass is 10.1. The van der Waals surface area contributed by atoms with E-state index in [2.05, 4.69) is 87.6 Å². The van der Waals surface area contributed by atoms with E-state index in [0.717, 1.165) is 89.9 Å². The molecule has 0 heterocycles. The lowest BCUT2D eigenvalue weighted by molar-refractivity contribution is -0.167. The van der Waals surface area contributed by atoms with Gasteiger partial charge in [0.2, 0.25) is 0 Å². The molecule has 6 heteroatoms. The Labute approximate surface area is 399 Å². The SMILES string of the molecule is CC/C=C/C=C/C=C/C=C/C=C/CCCC(=O)OCC(COC(=O)CCCCCCC/C=C/C=C/C=C/C=C/CCCCC)OC(=O)CCCCCCC/C=C/CCCCCCCCC. The molecule has 0 fully saturated rings. The first-order valence-corrected chi connectivity index (χ1v) is 26.2. The number of hydrogen-bond donors (Lipinski definition) is 0. The molecule has 0 N–H and O–H groups in total. The number of carbonyl (C=O) groups is 3. The van der Waals surface area contributed by atoms with Crippen LogP contribution in [-0.4, -0.2) is 37.2 Å². The fourth-order valence-corrected chi connectivity index (χ4v) is 6.71. The highest BCUT2D eigenvalue weighted by Gasteiger charge is 2.19. The Balaban J connectivity index is 4.55. The maximum Gasteiger partial charge on any atom is 0.306 e. The maximum atomic E-state index is 12.8. The summed E-state index contributed by atoms with van der Waals surface area (Å²) in [6, 6.07) is 0. The molecular weight excluding hydrogens is 805 g/mol. The van der Waals surface area contributed by atoms with Gasteiger partial charge >= 0.3 is 17.9 Å². The van der Waals surface area contributed by atoms with Gasteiger partial charge in [0.05, 0.1) is 0 Å². The van der Waals surface area contributed by atoms with Gasteiger partial charge in [-0.05, 0) is 83.5 Å². The van der Waals surface area contributed by atoms with Gasteiger partial charge in [0.1, 0.15) is 13.2 Å². The molecule has 0 spiro atoms. The third-order valence-electron chi connectivity index (χ3n) is 10.6. The van der Waals surface area contributed by atoms with Crippen molar-refractivity contribution in [2.24, 2.45) is 0 Å². The van der Waals surface area contributed by atoms with Crippen LogP contribution in [0.15, 0.2) is 122 Å². The zero-order chi connectivity index (χ0) is 47.2. The lowest BCUT2D eigenvalue weighted by Crippen LogP contribution is -2.30. The van der Waals surface area contributed by atoms with Crippen molar-refractivity contribution in [3.63, 3.8) is 0 Å². The zero-order valence-corrected chi connectivity index (χ0v) is 41.7. The number of allylic oxidation sites excluding steroid dienone is 20. The van der Waals surface area contributed by atoms with Gasteiger partial charge in [-0.25, -0.2) is 0 Å². The van der Waals surface area contributed by atoms with Gasteiger partial charge in [-0.2, -0.15) is 0 Å². The van der Waals surface area contributed by atoms with Crippen LogP contribution < -0.4 is 0 Å². The molecule has 0 aliphatic rings. The van der Waals surface area contributed by atoms with Gasteiger partial charge in [-0.1, -0.05) is 232 Å². The maximum absolute atomic E-state index is 12.8. The lowest BCUT2D eigenvalue weighted by Gasteiger charge is -2.18.